The number of piperidine rings is 2. The fourth-order valence-electron chi connectivity index (χ4n) is 7.72. The normalized spacial score (nSPS) is 17.5. The number of hydrogen-bond donors (Lipinski definition) is 2. The Labute approximate surface area is 355 Å². The number of nitrogens with two attached hydrogens (primary N) is 1. The number of carbonyl (C=O) groups excluding carboxylic acids is 5. The Balaban J connectivity index is 0.793. The van der Waals surface area contributed by atoms with Crippen LogP contribution in [0.4, 0.5) is 10.2 Å². The van der Waals surface area contributed by atoms with E-state index in [9.17, 15) is 28.4 Å². The molecule has 60 heavy (non-hydrogen) atoms. The maximum atomic E-state index is 14.1. The molecular formula is C42H44Cl2FN7O8. The van der Waals surface area contributed by atoms with Crippen molar-refractivity contribution in [1.29, 1.82) is 0 Å². The van der Waals surface area contributed by atoms with Crippen molar-refractivity contribution in [2.24, 2.45) is 0 Å². The average Bonchev–Trinajstić information content (AvgIpc) is 3.83. The molecule has 2 fully saturated rings. The molecule has 2 aromatic heterocycles. The lowest BCUT2D eigenvalue weighted by atomic mass is 10.0. The Morgan fingerprint density at radius 2 is 1.73 bits per heavy atom. The summed E-state index contributed by atoms with van der Waals surface area (Å²) < 4.78 is 22.1. The Kier molecular flexibility index (Phi) is 13.3. The number of ether oxygens (including phenoxy) is 1. The molecule has 0 bridgehead atoms. The summed E-state index contributed by atoms with van der Waals surface area (Å²) in [5, 5.41) is 6.94. The number of rotatable bonds is 16. The number of nitrogens with zero attached hydrogens (tertiary/aromatic N) is 5. The SMILES string of the molecule is C[C@@H](Oc1cc(-c2cnn(C3CCN(C(=O)CCCCCCCOOc4cccc5c4C(=O)N(C4CCC(=O)NC4=O)C5=O)CC3)c2)cnc1N)c1c(Cl)ccc(F)c1Cl. The first-order valence-electron chi connectivity index (χ1n) is 19.9. The highest BCUT2D eigenvalue weighted by Crippen LogP contribution is 2.38. The molecule has 18 heteroatoms. The summed E-state index contributed by atoms with van der Waals surface area (Å²) in [6.07, 6.45) is 10.8. The lowest BCUT2D eigenvalue weighted by Gasteiger charge is -2.32. The van der Waals surface area contributed by atoms with Crippen LogP contribution in [0.15, 0.2) is 55.0 Å². The lowest BCUT2D eigenvalue weighted by molar-refractivity contribution is -0.207. The summed E-state index contributed by atoms with van der Waals surface area (Å²) in [7, 11) is 0. The van der Waals surface area contributed by atoms with Crippen molar-refractivity contribution in [3.63, 3.8) is 0 Å². The molecule has 3 aliphatic heterocycles. The average molecular weight is 865 g/mol. The van der Waals surface area contributed by atoms with E-state index in [1.165, 1.54) is 24.3 Å². The van der Waals surface area contributed by atoms with Gasteiger partial charge in [0.05, 0.1) is 35.0 Å². The van der Waals surface area contributed by atoms with Gasteiger partial charge in [0.25, 0.3) is 11.8 Å². The molecule has 5 heterocycles. The molecular weight excluding hydrogens is 820 g/mol. The maximum absolute atomic E-state index is 14.1. The highest BCUT2D eigenvalue weighted by molar-refractivity contribution is 6.36. The summed E-state index contributed by atoms with van der Waals surface area (Å²) in [6, 6.07) is 8.00. The Hall–Kier alpha value is -5.58. The number of likely N-dealkylation sites (tertiary alicyclic amines) is 1. The van der Waals surface area contributed by atoms with E-state index in [-0.39, 0.29) is 64.1 Å². The minimum Gasteiger partial charge on any atom is -0.482 e. The molecule has 5 amide bonds. The number of nitrogen functional groups attached to an aromatic ring is 1. The topological polar surface area (TPSA) is 188 Å². The zero-order valence-electron chi connectivity index (χ0n) is 32.8. The van der Waals surface area contributed by atoms with Crippen molar-refractivity contribution in [3.8, 4) is 22.6 Å². The number of carbonyl (C=O) groups is 5. The van der Waals surface area contributed by atoms with Crippen LogP contribution in [-0.2, 0) is 19.3 Å². The molecule has 7 rings (SSSR count). The standard InChI is InChI=1S/C42H44Cl2FN7O8/c1-24(36-29(43)11-12-30(45)38(36)44)59-33-20-25(21-47-39(33)46)26-22-48-51(23-26)27-15-17-50(18-16-27)35(54)10-5-3-2-4-6-19-58-60-32-9-7-8-28-37(32)42(57)52(41(28)56)31-13-14-34(53)49-40(31)55/h7-9,11-12,20-24,27,31H,2-6,10,13-19H2,1H3,(H2,46,47)(H,49,53,55)/t24-,31?/m1/s1. The first-order valence-corrected chi connectivity index (χ1v) is 20.7. The molecule has 2 aromatic carbocycles. The lowest BCUT2D eigenvalue weighted by Crippen LogP contribution is -2.54. The Morgan fingerprint density at radius 3 is 2.52 bits per heavy atom. The number of pyridine rings is 1. The second-order valence-electron chi connectivity index (χ2n) is 15.0. The number of aromatic nitrogens is 3. The molecule has 4 aromatic rings. The van der Waals surface area contributed by atoms with Gasteiger partial charge in [0.2, 0.25) is 17.7 Å². The van der Waals surface area contributed by atoms with Crippen molar-refractivity contribution in [1.82, 2.24) is 29.9 Å². The van der Waals surface area contributed by atoms with Gasteiger partial charge < -0.3 is 20.3 Å². The quantitative estimate of drug-likeness (QED) is 0.0387. The van der Waals surface area contributed by atoms with Crippen LogP contribution in [0.1, 0.15) is 110 Å². The molecule has 0 spiro atoms. The highest BCUT2D eigenvalue weighted by atomic mass is 35.5. The van der Waals surface area contributed by atoms with Crippen LogP contribution in [0.25, 0.3) is 11.1 Å². The predicted molar refractivity (Wildman–Crippen MR) is 218 cm³/mol. The van der Waals surface area contributed by atoms with Crippen LogP contribution in [-0.4, -0.2) is 79.8 Å². The van der Waals surface area contributed by atoms with Gasteiger partial charge in [-0.1, -0.05) is 48.5 Å². The fraction of sp³-hybridized carbons (Fsp3) is 0.405. The number of hydrogen-bond acceptors (Lipinski definition) is 11. The Bertz CT molecular complexity index is 2300. The largest absolute Gasteiger partial charge is 0.482 e. The highest BCUT2D eigenvalue weighted by Gasteiger charge is 2.46. The number of nitrogens with one attached hydrogen (secondary N) is 1. The second-order valence-corrected chi connectivity index (χ2v) is 15.8. The second kappa shape index (κ2) is 18.8. The van der Waals surface area contributed by atoms with E-state index in [1.807, 2.05) is 15.8 Å². The first-order chi connectivity index (χ1) is 28.9. The van der Waals surface area contributed by atoms with Gasteiger partial charge in [-0.05, 0) is 69.4 Å². The molecule has 1 unspecified atom stereocenters. The Morgan fingerprint density at radius 1 is 0.967 bits per heavy atom. The maximum Gasteiger partial charge on any atom is 0.266 e. The van der Waals surface area contributed by atoms with E-state index in [0.717, 1.165) is 54.6 Å². The zero-order valence-corrected chi connectivity index (χ0v) is 34.3. The monoisotopic (exact) mass is 863 g/mol. The van der Waals surface area contributed by atoms with E-state index >= 15 is 0 Å². The third-order valence-corrected chi connectivity index (χ3v) is 11.7. The van der Waals surface area contributed by atoms with Gasteiger partial charge in [-0.2, -0.15) is 9.99 Å². The molecule has 0 radical (unpaired) electrons. The van der Waals surface area contributed by atoms with Crippen LogP contribution in [0.2, 0.25) is 10.0 Å². The number of imide groups is 2. The number of benzene rings is 2. The number of fused-ring (bicyclic) bond motifs is 1. The molecule has 3 N–H and O–H groups in total. The van der Waals surface area contributed by atoms with Crippen LogP contribution < -0.4 is 20.7 Å². The van der Waals surface area contributed by atoms with E-state index in [1.54, 1.807) is 31.5 Å². The molecule has 0 saturated carbocycles. The van der Waals surface area contributed by atoms with Gasteiger partial charge in [-0.25, -0.2) is 9.37 Å². The van der Waals surface area contributed by atoms with E-state index in [0.29, 0.717) is 37.2 Å². The van der Waals surface area contributed by atoms with Gasteiger partial charge in [-0.15, -0.1) is 0 Å². The summed E-state index contributed by atoms with van der Waals surface area (Å²) in [5.74, 6) is -2.33. The molecule has 316 valence electrons. The molecule has 15 nitrogen and oxygen atoms in total. The first kappa shape index (κ1) is 42.5. The van der Waals surface area contributed by atoms with Crippen LogP contribution in [0.5, 0.6) is 11.5 Å². The van der Waals surface area contributed by atoms with Gasteiger partial charge in [0.1, 0.15) is 18.0 Å². The number of halogens is 3. The summed E-state index contributed by atoms with van der Waals surface area (Å²) in [5.41, 5.74) is 8.11. The molecule has 2 saturated heterocycles. The van der Waals surface area contributed by atoms with Crippen molar-refractivity contribution >= 4 is 58.6 Å². The number of unbranched alkanes of at least 4 members (excludes halogenated alkanes) is 4. The number of amides is 5. The molecule has 0 aliphatic carbocycles. The van der Waals surface area contributed by atoms with Crippen molar-refractivity contribution in [3.05, 3.63) is 87.5 Å². The zero-order chi connectivity index (χ0) is 42.5. The molecule has 2 atom stereocenters. The third kappa shape index (κ3) is 9.25. The van der Waals surface area contributed by atoms with Crippen molar-refractivity contribution < 1.29 is 42.9 Å². The van der Waals surface area contributed by atoms with Gasteiger partial charge in [0.15, 0.2) is 17.3 Å². The van der Waals surface area contributed by atoms with Gasteiger partial charge >= 0.3 is 0 Å². The summed E-state index contributed by atoms with van der Waals surface area (Å²) >= 11 is 12.5. The molecule has 3 aliphatic rings. The third-order valence-electron chi connectivity index (χ3n) is 11.0. The van der Waals surface area contributed by atoms with Gasteiger partial charge in [-0.3, -0.25) is 38.9 Å². The fourth-order valence-corrected chi connectivity index (χ4v) is 8.40. The van der Waals surface area contributed by atoms with E-state index in [2.05, 4.69) is 15.4 Å². The van der Waals surface area contributed by atoms with E-state index < -0.39 is 41.6 Å². The summed E-state index contributed by atoms with van der Waals surface area (Å²) in [4.78, 5) is 81.0. The minimum absolute atomic E-state index is 0.0267. The van der Waals surface area contributed by atoms with Crippen molar-refractivity contribution in [2.75, 3.05) is 25.4 Å². The van der Waals surface area contributed by atoms with Gasteiger partial charge in [0, 0.05) is 60.0 Å². The minimum atomic E-state index is -1.07. The smallest absolute Gasteiger partial charge is 0.266 e. The number of anilines is 1. The van der Waals surface area contributed by atoms with Crippen LogP contribution in [0.3, 0.4) is 0 Å². The predicted octanol–water partition coefficient (Wildman–Crippen LogP) is 7.03. The van der Waals surface area contributed by atoms with Crippen LogP contribution >= 0.6 is 23.2 Å². The van der Waals surface area contributed by atoms with E-state index in [4.69, 9.17) is 43.4 Å². The van der Waals surface area contributed by atoms with Crippen LogP contribution in [0, 0.1) is 5.82 Å². The summed E-state index contributed by atoms with van der Waals surface area (Å²) in [6.45, 7) is 3.23. The van der Waals surface area contributed by atoms with Crippen molar-refractivity contribution in [2.45, 2.75) is 89.3 Å².